The first-order chi connectivity index (χ1) is 17.5. The van der Waals surface area contributed by atoms with E-state index in [0.717, 1.165) is 57.8 Å². The molecule has 0 N–H and O–H groups in total. The fourth-order valence-corrected chi connectivity index (χ4v) is 8.37. The standard InChI is InChI=1S/C26H28ClN5O2S2/c27-25-21-8-2-1-7-20(21)24(18-28-25)36(33,34)32-12-5-6-19(32)11-13-30-14-16-31(17-15-30)26-22-9-3-4-10-23(22)35-29-26/h1-4,7-10,18-19H,5-6,11-17H2/t19-/m0/s1. The Hall–Kier alpha value is -2.30. The van der Waals surface area contributed by atoms with Gasteiger partial charge in [-0.05, 0) is 49.5 Å². The largest absolute Gasteiger partial charge is 0.353 e. The van der Waals surface area contributed by atoms with Gasteiger partial charge >= 0.3 is 0 Å². The summed E-state index contributed by atoms with van der Waals surface area (Å²) in [7, 11) is -3.67. The van der Waals surface area contributed by atoms with Crippen molar-refractivity contribution in [3.8, 4) is 0 Å². The highest BCUT2D eigenvalue weighted by atomic mass is 35.5. The molecule has 0 amide bonds. The number of rotatable bonds is 6. The zero-order chi connectivity index (χ0) is 24.7. The van der Waals surface area contributed by atoms with E-state index in [1.54, 1.807) is 15.8 Å². The molecule has 0 bridgehead atoms. The fraction of sp³-hybridized carbons (Fsp3) is 0.385. The number of sulfonamides is 1. The van der Waals surface area contributed by atoms with Crippen molar-refractivity contribution in [3.05, 3.63) is 59.9 Å². The number of pyridine rings is 1. The van der Waals surface area contributed by atoms with Gasteiger partial charge in [-0.2, -0.15) is 8.68 Å². The van der Waals surface area contributed by atoms with Crippen molar-refractivity contribution >= 4 is 59.8 Å². The molecule has 0 unspecified atom stereocenters. The van der Waals surface area contributed by atoms with Gasteiger partial charge in [-0.25, -0.2) is 13.4 Å². The molecule has 2 aromatic heterocycles. The summed E-state index contributed by atoms with van der Waals surface area (Å²) in [6, 6.07) is 15.7. The summed E-state index contributed by atoms with van der Waals surface area (Å²) in [4.78, 5) is 9.25. The Bertz CT molecular complexity index is 1500. The lowest BCUT2D eigenvalue weighted by molar-refractivity contribution is 0.232. The van der Waals surface area contributed by atoms with E-state index in [1.165, 1.54) is 16.3 Å². The van der Waals surface area contributed by atoms with Crippen LogP contribution in [0.1, 0.15) is 19.3 Å². The summed E-state index contributed by atoms with van der Waals surface area (Å²) < 4.78 is 35.1. The molecule has 6 rings (SSSR count). The second-order valence-corrected chi connectivity index (χ2v) is 12.5. The van der Waals surface area contributed by atoms with Gasteiger partial charge in [0.25, 0.3) is 0 Å². The highest BCUT2D eigenvalue weighted by molar-refractivity contribution is 7.89. The Labute approximate surface area is 220 Å². The van der Waals surface area contributed by atoms with Crippen LogP contribution in [0.15, 0.2) is 59.6 Å². The molecule has 7 nitrogen and oxygen atoms in total. The molecule has 2 aliphatic rings. The molecule has 0 aliphatic carbocycles. The predicted octanol–water partition coefficient (Wildman–Crippen LogP) is 4.86. The fourth-order valence-electron chi connectivity index (χ4n) is 5.49. The average molecular weight is 542 g/mol. The molecule has 2 aromatic carbocycles. The number of anilines is 1. The summed E-state index contributed by atoms with van der Waals surface area (Å²) >= 11 is 7.80. The number of aromatic nitrogens is 2. The second kappa shape index (κ2) is 9.87. The third-order valence-electron chi connectivity index (χ3n) is 7.43. The number of fused-ring (bicyclic) bond motifs is 2. The van der Waals surface area contributed by atoms with E-state index in [-0.39, 0.29) is 10.9 Å². The van der Waals surface area contributed by atoms with Gasteiger partial charge in [0.15, 0.2) is 0 Å². The second-order valence-electron chi connectivity index (χ2n) is 9.49. The molecule has 188 valence electrons. The predicted molar refractivity (Wildman–Crippen MR) is 147 cm³/mol. The van der Waals surface area contributed by atoms with Gasteiger partial charge in [0, 0.05) is 61.1 Å². The maximum Gasteiger partial charge on any atom is 0.245 e. The SMILES string of the molecule is O=S(=O)(c1cnc(Cl)c2ccccc12)N1CCC[C@H]1CCN1CCN(c2nsc3ccccc23)CC1. The van der Waals surface area contributed by atoms with Crippen LogP contribution in [0.25, 0.3) is 20.9 Å². The maximum absolute atomic E-state index is 13.7. The topological polar surface area (TPSA) is 69.6 Å². The van der Waals surface area contributed by atoms with Crippen LogP contribution in [0, 0.1) is 0 Å². The molecule has 2 aliphatic heterocycles. The number of benzene rings is 2. The van der Waals surface area contributed by atoms with Crippen LogP contribution in [0.4, 0.5) is 5.82 Å². The van der Waals surface area contributed by atoms with E-state index in [0.29, 0.717) is 22.5 Å². The van der Waals surface area contributed by atoms with Gasteiger partial charge in [0.05, 0.1) is 4.70 Å². The molecular formula is C26H28ClN5O2S2. The lowest BCUT2D eigenvalue weighted by Gasteiger charge is -2.36. The minimum atomic E-state index is -3.67. The van der Waals surface area contributed by atoms with E-state index in [4.69, 9.17) is 16.0 Å². The van der Waals surface area contributed by atoms with Crippen LogP contribution in [0.5, 0.6) is 0 Å². The van der Waals surface area contributed by atoms with Crippen molar-refractivity contribution in [1.82, 2.24) is 18.6 Å². The van der Waals surface area contributed by atoms with Gasteiger partial charge in [0.1, 0.15) is 15.9 Å². The Balaban J connectivity index is 1.12. The zero-order valence-corrected chi connectivity index (χ0v) is 22.3. The smallest absolute Gasteiger partial charge is 0.245 e. The third-order valence-corrected chi connectivity index (χ3v) is 10.5. The molecular weight excluding hydrogens is 514 g/mol. The highest BCUT2D eigenvalue weighted by Crippen LogP contribution is 2.34. The van der Waals surface area contributed by atoms with Crippen molar-refractivity contribution in [2.24, 2.45) is 0 Å². The Kier molecular flexibility index (Phi) is 6.60. The number of nitrogens with zero attached hydrogens (tertiary/aromatic N) is 5. The summed E-state index contributed by atoms with van der Waals surface area (Å²) in [6.07, 6.45) is 4.02. The van der Waals surface area contributed by atoms with Gasteiger partial charge in [-0.3, -0.25) is 4.90 Å². The lowest BCUT2D eigenvalue weighted by atomic mass is 10.1. The minimum absolute atomic E-state index is 0.00459. The summed E-state index contributed by atoms with van der Waals surface area (Å²) in [5, 5.41) is 2.86. The average Bonchev–Trinajstić information content (AvgIpc) is 3.56. The lowest BCUT2D eigenvalue weighted by Crippen LogP contribution is -2.48. The molecule has 0 radical (unpaired) electrons. The van der Waals surface area contributed by atoms with Crippen LogP contribution >= 0.6 is 23.1 Å². The minimum Gasteiger partial charge on any atom is -0.353 e. The normalized spacial score (nSPS) is 20.0. The van der Waals surface area contributed by atoms with Crippen LogP contribution in [-0.2, 0) is 10.0 Å². The van der Waals surface area contributed by atoms with Crippen molar-refractivity contribution in [3.63, 3.8) is 0 Å². The third kappa shape index (κ3) is 4.37. The molecule has 0 spiro atoms. The summed E-state index contributed by atoms with van der Waals surface area (Å²) in [5.74, 6) is 1.09. The van der Waals surface area contributed by atoms with Crippen LogP contribution in [0.2, 0.25) is 5.15 Å². The van der Waals surface area contributed by atoms with Crippen LogP contribution in [-0.4, -0.2) is 72.3 Å². The molecule has 1 atom stereocenters. The monoisotopic (exact) mass is 541 g/mol. The number of halogens is 1. The van der Waals surface area contributed by atoms with Crippen LogP contribution < -0.4 is 4.90 Å². The van der Waals surface area contributed by atoms with Gasteiger partial charge in [0.2, 0.25) is 10.0 Å². The number of hydrogen-bond donors (Lipinski definition) is 0. The first-order valence-electron chi connectivity index (χ1n) is 12.4. The first-order valence-corrected chi connectivity index (χ1v) is 15.0. The molecule has 36 heavy (non-hydrogen) atoms. The van der Waals surface area contributed by atoms with E-state index in [1.807, 2.05) is 24.3 Å². The molecule has 4 aromatic rings. The molecule has 10 heteroatoms. The highest BCUT2D eigenvalue weighted by Gasteiger charge is 2.36. The molecule has 0 saturated carbocycles. The quantitative estimate of drug-likeness (QED) is 0.325. The van der Waals surface area contributed by atoms with Gasteiger partial charge < -0.3 is 4.90 Å². The number of piperazine rings is 1. The molecule has 4 heterocycles. The molecule has 2 fully saturated rings. The first kappa shape index (κ1) is 24.1. The summed E-state index contributed by atoms with van der Waals surface area (Å²) in [6.45, 7) is 5.22. The van der Waals surface area contributed by atoms with Crippen molar-refractivity contribution in [1.29, 1.82) is 0 Å². The Morgan fingerprint density at radius 2 is 1.67 bits per heavy atom. The van der Waals surface area contributed by atoms with Crippen LogP contribution in [0.3, 0.4) is 0 Å². The van der Waals surface area contributed by atoms with E-state index >= 15 is 0 Å². The summed E-state index contributed by atoms with van der Waals surface area (Å²) in [5.41, 5.74) is 0. The number of hydrogen-bond acceptors (Lipinski definition) is 7. The van der Waals surface area contributed by atoms with Crippen molar-refractivity contribution in [2.45, 2.75) is 30.2 Å². The van der Waals surface area contributed by atoms with Gasteiger partial charge in [-0.15, -0.1) is 0 Å². The molecule has 2 saturated heterocycles. The zero-order valence-electron chi connectivity index (χ0n) is 19.9. The van der Waals surface area contributed by atoms with E-state index in [9.17, 15) is 8.42 Å². The van der Waals surface area contributed by atoms with Crippen molar-refractivity contribution in [2.75, 3.05) is 44.2 Å². The Morgan fingerprint density at radius 1 is 0.944 bits per heavy atom. The Morgan fingerprint density at radius 3 is 2.47 bits per heavy atom. The van der Waals surface area contributed by atoms with Gasteiger partial charge in [-0.1, -0.05) is 48.0 Å². The van der Waals surface area contributed by atoms with E-state index < -0.39 is 10.0 Å². The van der Waals surface area contributed by atoms with E-state index in [2.05, 4.69) is 39.0 Å². The maximum atomic E-state index is 13.7. The van der Waals surface area contributed by atoms with Crippen molar-refractivity contribution < 1.29 is 8.42 Å².